The number of carboxylic acid groups (broad SMARTS) is 2. The fourth-order valence-electron chi connectivity index (χ4n) is 13.0. The molecule has 4 aromatic carbocycles. The zero-order valence-electron chi connectivity index (χ0n) is 51.7. The van der Waals surface area contributed by atoms with Crippen molar-refractivity contribution in [3.63, 3.8) is 0 Å². The van der Waals surface area contributed by atoms with Gasteiger partial charge in [-0.15, -0.1) is 22.7 Å². The molecule has 12 rings (SSSR count). The van der Waals surface area contributed by atoms with Gasteiger partial charge in [0.15, 0.2) is 0 Å². The minimum absolute atomic E-state index is 0. The van der Waals surface area contributed by atoms with Crippen LogP contribution < -0.4 is 0 Å². The average molecular weight is 1330 g/mol. The van der Waals surface area contributed by atoms with Gasteiger partial charge in [-0.2, -0.15) is 5.16 Å². The van der Waals surface area contributed by atoms with Gasteiger partial charge in [0.05, 0.1) is 33.9 Å². The Labute approximate surface area is 556 Å². The topological polar surface area (TPSA) is 148 Å². The molecule has 0 spiro atoms. The first-order valence-electron chi connectivity index (χ1n) is 31.4. The Morgan fingerprint density at radius 3 is 1.22 bits per heavy atom. The third kappa shape index (κ3) is 15.2. The summed E-state index contributed by atoms with van der Waals surface area (Å²) in [5.74, 6) is -2.15. The molecular formula is C77H76N5O4RuS3. The van der Waals surface area contributed by atoms with Crippen LogP contribution in [0.5, 0.6) is 0 Å². The summed E-state index contributed by atoms with van der Waals surface area (Å²) in [6, 6.07) is 56.0. The molecule has 13 heteroatoms. The maximum atomic E-state index is 10.8. The second kappa shape index (κ2) is 31.3. The molecule has 0 aliphatic heterocycles. The van der Waals surface area contributed by atoms with E-state index in [-0.39, 0.29) is 41.4 Å². The second-order valence-corrected chi connectivity index (χ2v) is 26.2. The number of pyridine rings is 4. The van der Waals surface area contributed by atoms with Crippen LogP contribution in [0.3, 0.4) is 0 Å². The van der Waals surface area contributed by atoms with Crippen molar-refractivity contribution in [1.82, 2.24) is 19.9 Å². The predicted octanol–water partition coefficient (Wildman–Crippen LogP) is 22.0. The van der Waals surface area contributed by atoms with E-state index in [0.717, 1.165) is 11.4 Å². The van der Waals surface area contributed by atoms with Crippen molar-refractivity contribution in [3.05, 3.63) is 221 Å². The van der Waals surface area contributed by atoms with E-state index in [0.29, 0.717) is 11.4 Å². The summed E-state index contributed by atoms with van der Waals surface area (Å²) in [5.41, 5.74) is 19.2. The molecule has 0 saturated carbocycles. The minimum atomic E-state index is -1.08. The molecule has 0 atom stereocenters. The van der Waals surface area contributed by atoms with E-state index in [1.807, 2.05) is 35.1 Å². The Balaban J connectivity index is 0.000000371. The van der Waals surface area contributed by atoms with Crippen LogP contribution in [0.25, 0.3) is 92.2 Å². The van der Waals surface area contributed by atoms with E-state index in [9.17, 15) is 9.59 Å². The van der Waals surface area contributed by atoms with E-state index in [2.05, 4.69) is 183 Å². The average Bonchev–Trinajstić information content (AvgIpc) is 1.59. The van der Waals surface area contributed by atoms with Gasteiger partial charge in [-0.3, -0.25) is 19.9 Å². The largest absolute Gasteiger partial charge is 1.00 e. The monoisotopic (exact) mass is 1330 g/mol. The number of aromatic carboxylic acids is 2. The number of thiocarbonyl (C=S) groups is 1. The number of fused-ring (bicyclic) bond motifs is 6. The number of unbranched alkanes of at least 4 members (excludes halogenated alkanes) is 12. The normalized spacial score (nSPS) is 12.6. The maximum absolute atomic E-state index is 10.8. The number of carbonyl (C=O) groups is 2. The summed E-state index contributed by atoms with van der Waals surface area (Å²) in [7, 11) is 0. The van der Waals surface area contributed by atoms with E-state index < -0.39 is 11.9 Å². The van der Waals surface area contributed by atoms with Crippen LogP contribution in [0.2, 0.25) is 0 Å². The molecule has 10 aromatic rings. The van der Waals surface area contributed by atoms with Gasteiger partial charge in [0, 0.05) is 55.1 Å². The molecule has 1 radical (unpaired) electrons. The minimum Gasteiger partial charge on any atom is -0.753 e. The van der Waals surface area contributed by atoms with Crippen LogP contribution in [0, 0.1) is 0 Å². The molecule has 459 valence electrons. The Morgan fingerprint density at radius 2 is 0.778 bits per heavy atom. The molecule has 0 saturated heterocycles. The molecule has 2 aliphatic carbocycles. The molecule has 6 heterocycles. The van der Waals surface area contributed by atoms with E-state index >= 15 is 0 Å². The first-order valence-corrected chi connectivity index (χ1v) is 33.4. The van der Waals surface area contributed by atoms with Crippen LogP contribution in [0.1, 0.15) is 173 Å². The van der Waals surface area contributed by atoms with Gasteiger partial charge in [-0.05, 0) is 165 Å². The molecule has 0 unspecified atom stereocenters. The summed E-state index contributed by atoms with van der Waals surface area (Å²) in [5, 5.41) is 26.2. The number of thiophene rings is 2. The molecular weight excluding hydrogens is 1260 g/mol. The number of benzene rings is 4. The molecule has 0 fully saturated rings. The predicted molar refractivity (Wildman–Crippen MR) is 371 cm³/mol. The van der Waals surface area contributed by atoms with Crippen molar-refractivity contribution < 1.29 is 39.3 Å². The van der Waals surface area contributed by atoms with Gasteiger partial charge in [0.1, 0.15) is 0 Å². The number of rotatable bonds is 24. The summed E-state index contributed by atoms with van der Waals surface area (Å²) in [6.45, 7) is 9.34. The fraction of sp³-hybridized carbons (Fsp3) is 0.286. The van der Waals surface area contributed by atoms with Crippen molar-refractivity contribution in [2.45, 2.75) is 141 Å². The van der Waals surface area contributed by atoms with Crippen molar-refractivity contribution in [1.29, 1.82) is 0 Å². The Hall–Kier alpha value is -7.76. The SMILES string of the molecule is CCCCCCCCCC1(CCCCCCCCC)c2ccccc2-c2ccc(-c3ccc(-c4ccnc(-c5cc(-c6ccc(-c7ccc8c(c7)C(C)(C)c7ccccc7-8)s6)ccn5)c4)s3)cc21.O=C(O)c1ccnc(-c2cc(C(=O)O)ccn2)c1.[N-]=C=S.[Ru+]. The maximum Gasteiger partial charge on any atom is 1.00 e. The van der Waals surface area contributed by atoms with E-state index in [1.54, 1.807) is 11.1 Å². The van der Waals surface area contributed by atoms with E-state index in [4.69, 9.17) is 25.6 Å². The number of isothiocyanates is 1. The number of aromatic nitrogens is 4. The molecule has 9 nitrogen and oxygen atoms in total. The first-order chi connectivity index (χ1) is 43.4. The summed E-state index contributed by atoms with van der Waals surface area (Å²) >= 11 is 7.44. The van der Waals surface area contributed by atoms with Gasteiger partial charge in [-0.1, -0.05) is 203 Å². The van der Waals surface area contributed by atoms with Gasteiger partial charge < -0.3 is 15.6 Å². The molecule has 2 N–H and O–H groups in total. The Kier molecular flexibility index (Phi) is 23.2. The van der Waals surface area contributed by atoms with Crippen molar-refractivity contribution >= 4 is 52.0 Å². The van der Waals surface area contributed by atoms with Gasteiger partial charge in [-0.25, -0.2) is 9.59 Å². The van der Waals surface area contributed by atoms with Gasteiger partial charge in [0.2, 0.25) is 0 Å². The molecule has 2 aliphatic rings. The molecule has 0 amide bonds. The van der Waals surface area contributed by atoms with Crippen LogP contribution in [0.15, 0.2) is 183 Å². The second-order valence-electron chi connectivity index (χ2n) is 23.8. The van der Waals surface area contributed by atoms with Crippen molar-refractivity contribution in [2.24, 2.45) is 0 Å². The zero-order chi connectivity index (χ0) is 62.3. The van der Waals surface area contributed by atoms with E-state index in [1.165, 1.54) is 220 Å². The molecule has 90 heavy (non-hydrogen) atoms. The van der Waals surface area contributed by atoms with Crippen LogP contribution >= 0.6 is 34.9 Å². The Bertz CT molecular complexity index is 4070. The quantitative estimate of drug-likeness (QED) is 0.0261. The standard InChI is InChI=1S/C64H68N2S2.C12H8N2O4.CNS.Ru/c1-5-7-9-11-13-15-21-37-64(38-22-16-14-12-10-8-6-2)54-26-20-18-24-50(54)52-30-28-46(42-56(52)64)60-32-34-62(68-60)48-36-40-66-58(44-48)57-43-47(35-39-65-57)61-33-31-59(67-61)45-27-29-51-49-23-17-19-25-53(49)63(3,4)55(51)41-45;15-11(16)7-1-3-13-9(5-7)10-6-8(12(17)18)2-4-14-10;2-1-3;/h17-20,23-36,39-44H,5-16,21-22,37-38H2,1-4H3;1-6H,(H,15,16)(H,17,18);;/q;;-1;+1. The summed E-state index contributed by atoms with van der Waals surface area (Å²) in [4.78, 5) is 44.4. The summed E-state index contributed by atoms with van der Waals surface area (Å²) in [6.07, 6.45) is 27.9. The van der Waals surface area contributed by atoms with Gasteiger partial charge in [0.25, 0.3) is 0 Å². The van der Waals surface area contributed by atoms with Crippen LogP contribution in [0.4, 0.5) is 0 Å². The van der Waals surface area contributed by atoms with Crippen LogP contribution in [-0.2, 0) is 30.3 Å². The third-order valence-electron chi connectivity index (χ3n) is 17.7. The molecule has 0 bridgehead atoms. The number of hydrogen-bond acceptors (Lipinski definition) is 9. The van der Waals surface area contributed by atoms with Crippen molar-refractivity contribution in [2.75, 3.05) is 0 Å². The smallest absolute Gasteiger partial charge is 0.753 e. The summed E-state index contributed by atoms with van der Waals surface area (Å²) < 4.78 is 0. The van der Waals surface area contributed by atoms with Crippen molar-refractivity contribution in [3.8, 4) is 86.8 Å². The first kappa shape index (κ1) is 66.7. The van der Waals surface area contributed by atoms with Gasteiger partial charge >= 0.3 is 31.4 Å². The molecule has 6 aromatic heterocycles. The van der Waals surface area contributed by atoms with Crippen LogP contribution in [-0.4, -0.2) is 47.2 Å². The third-order valence-corrected chi connectivity index (χ3v) is 20.0. The Morgan fingerprint density at radius 1 is 0.433 bits per heavy atom. The number of nitrogens with zero attached hydrogens (tertiary/aromatic N) is 5. The number of carboxylic acids is 2. The fourth-order valence-corrected chi connectivity index (χ4v) is 15.0. The number of hydrogen-bond donors (Lipinski definition) is 2. The zero-order valence-corrected chi connectivity index (χ0v) is 55.8.